The van der Waals surface area contributed by atoms with E-state index in [1.165, 1.54) is 4.90 Å². The number of urea groups is 1. The third kappa shape index (κ3) is 7.47. The maximum atomic E-state index is 12.1. The van der Waals surface area contributed by atoms with Crippen LogP contribution >= 0.6 is 0 Å². The standard InChI is InChI=1S/C13H26N2O4S/c1-10(20(5)19)6-8-14-12(18)15(13(2,3)4)9-7-11(16)17/h10H,6-9H2,1-5H3,(H,14,18)(H,16,17). The Morgan fingerprint density at radius 3 is 2.30 bits per heavy atom. The zero-order valence-electron chi connectivity index (χ0n) is 12.9. The van der Waals surface area contributed by atoms with Crippen LogP contribution in [0, 0.1) is 0 Å². The molecule has 6 nitrogen and oxygen atoms in total. The van der Waals surface area contributed by atoms with E-state index >= 15 is 0 Å². The van der Waals surface area contributed by atoms with Gasteiger partial charge in [-0.3, -0.25) is 9.00 Å². The molecule has 0 aliphatic carbocycles. The van der Waals surface area contributed by atoms with E-state index < -0.39 is 22.3 Å². The highest BCUT2D eigenvalue weighted by atomic mass is 32.2. The number of carboxylic acids is 1. The highest BCUT2D eigenvalue weighted by Crippen LogP contribution is 2.14. The van der Waals surface area contributed by atoms with Crippen LogP contribution in [0.1, 0.15) is 40.5 Å². The van der Waals surface area contributed by atoms with Crippen molar-refractivity contribution >= 4 is 22.8 Å². The summed E-state index contributed by atoms with van der Waals surface area (Å²) in [5, 5.41) is 11.5. The van der Waals surface area contributed by atoms with E-state index in [1.807, 2.05) is 27.7 Å². The molecule has 0 saturated heterocycles. The molecule has 0 saturated carbocycles. The van der Waals surface area contributed by atoms with Gasteiger partial charge in [0.15, 0.2) is 0 Å². The minimum atomic E-state index is -0.929. The quantitative estimate of drug-likeness (QED) is 0.745. The SMILES string of the molecule is CC(CCNC(=O)N(CCC(=O)O)C(C)(C)C)S(C)=O. The van der Waals surface area contributed by atoms with Gasteiger partial charge in [0.25, 0.3) is 0 Å². The van der Waals surface area contributed by atoms with Crippen LogP contribution in [0.4, 0.5) is 4.79 Å². The van der Waals surface area contributed by atoms with E-state index in [4.69, 9.17) is 5.11 Å². The molecule has 0 heterocycles. The van der Waals surface area contributed by atoms with Crippen molar-refractivity contribution in [3.8, 4) is 0 Å². The number of carbonyl (C=O) groups is 2. The molecule has 7 heteroatoms. The van der Waals surface area contributed by atoms with E-state index in [2.05, 4.69) is 5.32 Å². The molecular weight excluding hydrogens is 280 g/mol. The van der Waals surface area contributed by atoms with Gasteiger partial charge in [-0.25, -0.2) is 4.79 Å². The summed E-state index contributed by atoms with van der Waals surface area (Å²) in [5.74, 6) is -0.929. The first-order valence-corrected chi connectivity index (χ1v) is 8.27. The number of hydrogen-bond donors (Lipinski definition) is 2. The van der Waals surface area contributed by atoms with Gasteiger partial charge in [-0.1, -0.05) is 6.92 Å². The Kier molecular flexibility index (Phi) is 7.78. The van der Waals surface area contributed by atoms with Gasteiger partial charge in [0.2, 0.25) is 0 Å². The zero-order chi connectivity index (χ0) is 15.9. The van der Waals surface area contributed by atoms with Gasteiger partial charge in [-0.05, 0) is 27.2 Å². The van der Waals surface area contributed by atoms with Crippen molar-refractivity contribution in [2.75, 3.05) is 19.3 Å². The molecule has 2 amide bonds. The summed E-state index contributed by atoms with van der Waals surface area (Å²) >= 11 is 0. The molecule has 0 aromatic rings. The van der Waals surface area contributed by atoms with Crippen LogP contribution < -0.4 is 5.32 Å². The Balaban J connectivity index is 4.42. The lowest BCUT2D eigenvalue weighted by atomic mass is 10.1. The summed E-state index contributed by atoms with van der Waals surface area (Å²) < 4.78 is 11.2. The molecule has 0 aliphatic rings. The number of aliphatic carboxylic acids is 1. The zero-order valence-corrected chi connectivity index (χ0v) is 13.7. The molecule has 0 bridgehead atoms. The highest BCUT2D eigenvalue weighted by molar-refractivity contribution is 7.84. The maximum Gasteiger partial charge on any atom is 0.317 e. The van der Waals surface area contributed by atoms with Crippen LogP contribution in [0.5, 0.6) is 0 Å². The van der Waals surface area contributed by atoms with Crippen molar-refractivity contribution in [3.05, 3.63) is 0 Å². The second kappa shape index (κ2) is 8.24. The summed E-state index contributed by atoms with van der Waals surface area (Å²) in [6.45, 7) is 8.04. The number of amides is 2. The van der Waals surface area contributed by atoms with Crippen molar-refractivity contribution in [2.45, 2.75) is 51.3 Å². The van der Waals surface area contributed by atoms with Crippen molar-refractivity contribution in [3.63, 3.8) is 0 Å². The lowest BCUT2D eigenvalue weighted by molar-refractivity contribution is -0.137. The molecule has 2 N–H and O–H groups in total. The molecular formula is C13H26N2O4S. The maximum absolute atomic E-state index is 12.1. The molecule has 118 valence electrons. The number of carboxylic acid groups (broad SMARTS) is 1. The van der Waals surface area contributed by atoms with Crippen molar-refractivity contribution in [2.24, 2.45) is 0 Å². The Bertz CT molecular complexity index is 366. The lowest BCUT2D eigenvalue weighted by Crippen LogP contribution is -2.51. The summed E-state index contributed by atoms with van der Waals surface area (Å²) in [6, 6.07) is -0.284. The van der Waals surface area contributed by atoms with Gasteiger partial charge in [-0.2, -0.15) is 0 Å². The largest absolute Gasteiger partial charge is 0.481 e. The van der Waals surface area contributed by atoms with Crippen molar-refractivity contribution in [1.29, 1.82) is 0 Å². The number of carbonyl (C=O) groups excluding carboxylic acids is 1. The topological polar surface area (TPSA) is 86.7 Å². The second-order valence-corrected chi connectivity index (χ2v) is 7.60. The van der Waals surface area contributed by atoms with E-state index in [-0.39, 0.29) is 24.2 Å². The number of rotatable bonds is 7. The Labute approximate surface area is 123 Å². The molecule has 2 unspecified atom stereocenters. The van der Waals surface area contributed by atoms with E-state index in [9.17, 15) is 13.8 Å². The minimum absolute atomic E-state index is 0.0254. The molecule has 0 aromatic carbocycles. The molecule has 0 aliphatic heterocycles. The summed E-state index contributed by atoms with van der Waals surface area (Å²) in [4.78, 5) is 24.2. The minimum Gasteiger partial charge on any atom is -0.481 e. The fraction of sp³-hybridized carbons (Fsp3) is 0.846. The van der Waals surface area contributed by atoms with Gasteiger partial charge >= 0.3 is 12.0 Å². The van der Waals surface area contributed by atoms with Gasteiger partial charge in [0.1, 0.15) is 0 Å². The summed E-state index contributed by atoms with van der Waals surface area (Å²) in [5.41, 5.74) is -0.446. The number of hydrogen-bond acceptors (Lipinski definition) is 3. The normalized spacial score (nSPS) is 14.4. The first kappa shape index (κ1) is 18.9. The third-order valence-electron chi connectivity index (χ3n) is 3.00. The molecule has 0 spiro atoms. The van der Waals surface area contributed by atoms with E-state index in [0.29, 0.717) is 13.0 Å². The monoisotopic (exact) mass is 306 g/mol. The van der Waals surface area contributed by atoms with Crippen LogP contribution in [-0.2, 0) is 15.6 Å². The third-order valence-corrected chi connectivity index (χ3v) is 4.37. The predicted molar refractivity (Wildman–Crippen MR) is 80.3 cm³/mol. The average molecular weight is 306 g/mol. The molecule has 0 rings (SSSR count). The van der Waals surface area contributed by atoms with Gasteiger partial charge in [-0.15, -0.1) is 0 Å². The smallest absolute Gasteiger partial charge is 0.317 e. The number of nitrogens with zero attached hydrogens (tertiary/aromatic N) is 1. The van der Waals surface area contributed by atoms with Crippen molar-refractivity contribution < 1.29 is 18.9 Å². The molecule has 20 heavy (non-hydrogen) atoms. The first-order chi connectivity index (χ1) is 9.05. The summed E-state index contributed by atoms with van der Waals surface area (Å²) in [6.07, 6.45) is 2.19. The van der Waals surface area contributed by atoms with Crippen LogP contribution in [0.3, 0.4) is 0 Å². The van der Waals surface area contributed by atoms with Crippen LogP contribution in [-0.4, -0.2) is 56.3 Å². The molecule has 0 radical (unpaired) electrons. The van der Waals surface area contributed by atoms with Crippen molar-refractivity contribution in [1.82, 2.24) is 10.2 Å². The lowest BCUT2D eigenvalue weighted by Gasteiger charge is -2.35. The van der Waals surface area contributed by atoms with Crippen LogP contribution in [0.2, 0.25) is 0 Å². The molecule has 0 aromatic heterocycles. The first-order valence-electron chi connectivity index (χ1n) is 6.65. The Morgan fingerprint density at radius 1 is 1.35 bits per heavy atom. The number of nitrogens with one attached hydrogen (secondary N) is 1. The van der Waals surface area contributed by atoms with Gasteiger partial charge in [0.05, 0.1) is 6.42 Å². The van der Waals surface area contributed by atoms with Gasteiger partial charge < -0.3 is 15.3 Å². The second-order valence-electron chi connectivity index (χ2n) is 5.80. The molecule has 2 atom stereocenters. The predicted octanol–water partition coefficient (Wildman–Crippen LogP) is 1.43. The fourth-order valence-electron chi connectivity index (χ4n) is 1.59. The Morgan fingerprint density at radius 2 is 1.90 bits per heavy atom. The van der Waals surface area contributed by atoms with Gasteiger partial charge in [0, 0.05) is 40.9 Å². The molecule has 0 fully saturated rings. The summed E-state index contributed by atoms with van der Waals surface area (Å²) in [7, 11) is -0.905. The highest BCUT2D eigenvalue weighted by Gasteiger charge is 2.26. The fourth-order valence-corrected chi connectivity index (χ4v) is 2.04. The van der Waals surface area contributed by atoms with Crippen LogP contribution in [0.25, 0.3) is 0 Å². The Hall–Kier alpha value is -1.11. The van der Waals surface area contributed by atoms with Crippen LogP contribution in [0.15, 0.2) is 0 Å². The van der Waals surface area contributed by atoms with E-state index in [1.54, 1.807) is 6.26 Å². The van der Waals surface area contributed by atoms with E-state index in [0.717, 1.165) is 0 Å². The average Bonchev–Trinajstić information content (AvgIpc) is 2.26.